The Morgan fingerprint density at radius 2 is 1.69 bits per heavy atom. The normalized spacial score (nSPS) is 33.4. The largest absolute Gasteiger partial charge is 0.0590 e. The lowest BCUT2D eigenvalue weighted by Crippen LogP contribution is -2.04. The molecule has 0 radical (unpaired) electrons. The van der Waals surface area contributed by atoms with Gasteiger partial charge in [0.25, 0.3) is 0 Å². The van der Waals surface area contributed by atoms with E-state index < -0.39 is 0 Å². The summed E-state index contributed by atoms with van der Waals surface area (Å²) in [4.78, 5) is 0. The molecule has 1 aromatic rings. The summed E-state index contributed by atoms with van der Waals surface area (Å²) in [5, 5.41) is 0. The first-order valence-corrected chi connectivity index (χ1v) is 5.24. The van der Waals surface area contributed by atoms with Crippen molar-refractivity contribution in [3.05, 3.63) is 35.4 Å². The molecule has 1 spiro atoms. The minimum atomic E-state index is 0.542. The van der Waals surface area contributed by atoms with Crippen LogP contribution < -0.4 is 0 Å². The van der Waals surface area contributed by atoms with E-state index in [2.05, 4.69) is 38.1 Å². The highest BCUT2D eigenvalue weighted by Gasteiger charge is 2.71. The lowest BCUT2D eigenvalue weighted by Gasteiger charge is -2.11. The molecule has 0 amide bonds. The van der Waals surface area contributed by atoms with Crippen molar-refractivity contribution in [2.24, 2.45) is 5.41 Å². The Bertz CT molecular complexity index is 343. The molecule has 3 rings (SSSR count). The van der Waals surface area contributed by atoms with Gasteiger partial charge < -0.3 is 0 Å². The lowest BCUT2D eigenvalue weighted by molar-refractivity contribution is 0.660. The van der Waals surface area contributed by atoms with E-state index in [-0.39, 0.29) is 0 Å². The predicted octanol–water partition coefficient (Wildman–Crippen LogP) is 3.44. The van der Waals surface area contributed by atoms with Gasteiger partial charge in [0.05, 0.1) is 0 Å². The van der Waals surface area contributed by atoms with Crippen LogP contribution in [0.4, 0.5) is 0 Å². The maximum absolute atomic E-state index is 2.44. The minimum absolute atomic E-state index is 0.542. The van der Waals surface area contributed by atoms with Gasteiger partial charge in [0.15, 0.2) is 0 Å². The highest BCUT2D eigenvalue weighted by Crippen LogP contribution is 2.78. The van der Waals surface area contributed by atoms with Crippen LogP contribution in [0, 0.1) is 12.3 Å². The van der Waals surface area contributed by atoms with Gasteiger partial charge in [-0.05, 0) is 42.6 Å². The summed E-state index contributed by atoms with van der Waals surface area (Å²) in [6.07, 6.45) is 4.37. The van der Waals surface area contributed by atoms with Crippen molar-refractivity contribution in [2.45, 2.75) is 38.5 Å². The van der Waals surface area contributed by atoms with Crippen molar-refractivity contribution >= 4 is 0 Å². The summed E-state index contributed by atoms with van der Waals surface area (Å²) >= 11 is 0. The average molecular weight is 172 g/mol. The third kappa shape index (κ3) is 0.864. The van der Waals surface area contributed by atoms with Crippen LogP contribution in [0.3, 0.4) is 0 Å². The lowest BCUT2D eigenvalue weighted by atomic mass is 9.94. The quantitative estimate of drug-likeness (QED) is 0.608. The first-order chi connectivity index (χ1) is 6.16. The van der Waals surface area contributed by atoms with E-state index in [0.29, 0.717) is 5.41 Å². The van der Waals surface area contributed by atoms with Gasteiger partial charge >= 0.3 is 0 Å². The maximum atomic E-state index is 2.44. The molecule has 0 nitrogen and oxygen atoms in total. The number of aryl methyl sites for hydroxylation is 1. The first-order valence-electron chi connectivity index (χ1n) is 5.24. The standard InChI is InChI=1S/C13H16/c1-10-3-5-11(6-4-10)12(2)9-13(12)7-8-13/h3-6H,7-9H2,1-2H3. The summed E-state index contributed by atoms with van der Waals surface area (Å²) in [5.74, 6) is 0. The fourth-order valence-corrected chi connectivity index (χ4v) is 2.84. The van der Waals surface area contributed by atoms with Gasteiger partial charge in [-0.2, -0.15) is 0 Å². The number of rotatable bonds is 1. The van der Waals surface area contributed by atoms with E-state index in [0.717, 1.165) is 5.41 Å². The molecule has 1 atom stereocenters. The van der Waals surface area contributed by atoms with Gasteiger partial charge in [-0.3, -0.25) is 0 Å². The molecule has 1 unspecified atom stereocenters. The highest BCUT2D eigenvalue weighted by atomic mass is 14.7. The smallest absolute Gasteiger partial charge is 0.00130 e. The molecule has 0 heterocycles. The van der Waals surface area contributed by atoms with E-state index in [1.807, 2.05) is 0 Å². The SMILES string of the molecule is Cc1ccc(C2(C)CC23CC3)cc1. The fraction of sp³-hybridized carbons (Fsp3) is 0.538. The van der Waals surface area contributed by atoms with Gasteiger partial charge in [-0.25, -0.2) is 0 Å². The summed E-state index contributed by atoms with van der Waals surface area (Å²) in [7, 11) is 0. The van der Waals surface area contributed by atoms with Crippen molar-refractivity contribution in [1.82, 2.24) is 0 Å². The van der Waals surface area contributed by atoms with Crippen molar-refractivity contribution in [2.75, 3.05) is 0 Å². The minimum Gasteiger partial charge on any atom is -0.0590 e. The molecule has 1 aromatic carbocycles. The van der Waals surface area contributed by atoms with Crippen LogP contribution in [-0.2, 0) is 5.41 Å². The zero-order valence-electron chi connectivity index (χ0n) is 8.43. The molecule has 0 bridgehead atoms. The molecule has 0 saturated heterocycles. The van der Waals surface area contributed by atoms with Gasteiger partial charge in [0, 0.05) is 0 Å². The zero-order valence-corrected chi connectivity index (χ0v) is 8.43. The number of benzene rings is 1. The molecule has 2 saturated carbocycles. The van der Waals surface area contributed by atoms with Crippen LogP contribution in [0.1, 0.15) is 37.3 Å². The molecular weight excluding hydrogens is 156 g/mol. The zero-order chi connectivity index (χ0) is 9.10. The maximum Gasteiger partial charge on any atom is -0.00130 e. The summed E-state index contributed by atoms with van der Waals surface area (Å²) in [6.45, 7) is 4.59. The van der Waals surface area contributed by atoms with Crippen molar-refractivity contribution in [3.63, 3.8) is 0 Å². The van der Waals surface area contributed by atoms with E-state index >= 15 is 0 Å². The topological polar surface area (TPSA) is 0 Å². The van der Waals surface area contributed by atoms with Crippen LogP contribution in [0.2, 0.25) is 0 Å². The average Bonchev–Trinajstić information content (AvgIpc) is 2.96. The van der Waals surface area contributed by atoms with Crippen LogP contribution in [0.25, 0.3) is 0 Å². The third-order valence-corrected chi connectivity index (χ3v) is 4.28. The van der Waals surface area contributed by atoms with Crippen LogP contribution in [0.5, 0.6) is 0 Å². The second-order valence-electron chi connectivity index (χ2n) is 5.16. The molecule has 0 N–H and O–H groups in total. The second kappa shape index (κ2) is 2.00. The molecule has 2 aliphatic rings. The van der Waals surface area contributed by atoms with E-state index in [1.54, 1.807) is 5.56 Å². The van der Waals surface area contributed by atoms with Gasteiger partial charge in [-0.15, -0.1) is 0 Å². The molecular formula is C13H16. The van der Waals surface area contributed by atoms with Crippen LogP contribution in [-0.4, -0.2) is 0 Å². The summed E-state index contributed by atoms with van der Waals surface area (Å²) < 4.78 is 0. The second-order valence-corrected chi connectivity index (χ2v) is 5.16. The number of hydrogen-bond acceptors (Lipinski definition) is 0. The van der Waals surface area contributed by atoms with E-state index in [9.17, 15) is 0 Å². The first kappa shape index (κ1) is 7.61. The van der Waals surface area contributed by atoms with Crippen LogP contribution in [0.15, 0.2) is 24.3 Å². The molecule has 0 aromatic heterocycles. The van der Waals surface area contributed by atoms with Gasteiger partial charge in [0.1, 0.15) is 0 Å². The Hall–Kier alpha value is -0.780. The van der Waals surface area contributed by atoms with Crippen molar-refractivity contribution in [3.8, 4) is 0 Å². The third-order valence-electron chi connectivity index (χ3n) is 4.28. The highest BCUT2D eigenvalue weighted by molar-refractivity contribution is 5.41. The Labute approximate surface area is 80.0 Å². The predicted molar refractivity (Wildman–Crippen MR) is 54.8 cm³/mol. The Balaban J connectivity index is 1.98. The molecule has 2 fully saturated rings. The van der Waals surface area contributed by atoms with Crippen molar-refractivity contribution in [1.29, 1.82) is 0 Å². The molecule has 2 aliphatic carbocycles. The number of hydrogen-bond donors (Lipinski definition) is 0. The Morgan fingerprint density at radius 1 is 1.08 bits per heavy atom. The molecule has 0 heteroatoms. The molecule has 0 aliphatic heterocycles. The van der Waals surface area contributed by atoms with E-state index in [4.69, 9.17) is 0 Å². The van der Waals surface area contributed by atoms with Crippen LogP contribution >= 0.6 is 0 Å². The fourth-order valence-electron chi connectivity index (χ4n) is 2.84. The van der Waals surface area contributed by atoms with E-state index in [1.165, 1.54) is 24.8 Å². The summed E-state index contributed by atoms with van der Waals surface area (Å²) in [6, 6.07) is 9.13. The van der Waals surface area contributed by atoms with Gasteiger partial charge in [-0.1, -0.05) is 36.8 Å². The van der Waals surface area contributed by atoms with Gasteiger partial charge in [0.2, 0.25) is 0 Å². The molecule has 13 heavy (non-hydrogen) atoms. The Kier molecular flexibility index (Phi) is 1.17. The molecule has 68 valence electrons. The van der Waals surface area contributed by atoms with Crippen molar-refractivity contribution < 1.29 is 0 Å². The monoisotopic (exact) mass is 172 g/mol. The Morgan fingerprint density at radius 3 is 2.15 bits per heavy atom. The summed E-state index contributed by atoms with van der Waals surface area (Å²) in [5.41, 5.74) is 4.23.